The number of nitro groups is 1. The normalized spacial score (nSPS) is 11.8. The van der Waals surface area contributed by atoms with Crippen molar-refractivity contribution in [3.05, 3.63) is 69.8 Å². The summed E-state index contributed by atoms with van der Waals surface area (Å²) in [6, 6.07) is 13.6. The molecule has 2 aromatic carbocycles. The third-order valence-electron chi connectivity index (χ3n) is 3.76. The molecular formula is C19H21NO5. The molecule has 0 saturated heterocycles. The molecule has 0 aliphatic carbocycles. The van der Waals surface area contributed by atoms with E-state index >= 15 is 0 Å². The Labute approximate surface area is 146 Å². The molecule has 2 rings (SSSR count). The first-order valence-electron chi connectivity index (χ1n) is 8.03. The van der Waals surface area contributed by atoms with Crippen LogP contribution in [0.2, 0.25) is 0 Å². The van der Waals surface area contributed by atoms with Crippen LogP contribution in [0.15, 0.2) is 48.5 Å². The Kier molecular flexibility index (Phi) is 6.11. The summed E-state index contributed by atoms with van der Waals surface area (Å²) in [7, 11) is 0. The Morgan fingerprint density at radius 2 is 1.76 bits per heavy atom. The van der Waals surface area contributed by atoms with Crippen LogP contribution in [0.5, 0.6) is 5.75 Å². The number of hydrogen-bond acceptors (Lipinski definition) is 5. The summed E-state index contributed by atoms with van der Waals surface area (Å²) in [4.78, 5) is 22.2. The highest BCUT2D eigenvalue weighted by Crippen LogP contribution is 2.22. The summed E-state index contributed by atoms with van der Waals surface area (Å²) in [5.74, 6) is 0.478. The van der Waals surface area contributed by atoms with E-state index in [0.29, 0.717) is 17.2 Å². The smallest absolute Gasteiger partial charge is 0.344 e. The molecule has 0 aliphatic heterocycles. The number of non-ortho nitro benzene ring substituents is 1. The number of hydrogen-bond donors (Lipinski definition) is 0. The van der Waals surface area contributed by atoms with E-state index in [4.69, 9.17) is 9.47 Å². The quantitative estimate of drug-likeness (QED) is 0.423. The minimum absolute atomic E-state index is 0.0399. The van der Waals surface area contributed by atoms with Crippen LogP contribution in [0.1, 0.15) is 43.9 Å². The topological polar surface area (TPSA) is 78.7 Å². The summed E-state index contributed by atoms with van der Waals surface area (Å²) in [6.45, 7) is 5.64. The van der Waals surface area contributed by atoms with E-state index in [1.54, 1.807) is 19.1 Å². The zero-order chi connectivity index (χ0) is 18.4. The van der Waals surface area contributed by atoms with Gasteiger partial charge in [0.1, 0.15) is 11.9 Å². The molecule has 0 radical (unpaired) electrons. The summed E-state index contributed by atoms with van der Waals surface area (Å²) >= 11 is 0. The van der Waals surface area contributed by atoms with Crippen molar-refractivity contribution in [3.8, 4) is 5.75 Å². The van der Waals surface area contributed by atoms with Crippen molar-refractivity contribution < 1.29 is 19.2 Å². The number of rotatable bonds is 7. The zero-order valence-electron chi connectivity index (χ0n) is 14.5. The molecule has 0 N–H and O–H groups in total. The van der Waals surface area contributed by atoms with E-state index in [-0.39, 0.29) is 12.3 Å². The molecular weight excluding hydrogens is 322 g/mol. The monoisotopic (exact) mass is 343 g/mol. The summed E-state index contributed by atoms with van der Waals surface area (Å²) in [5.41, 5.74) is 1.71. The molecule has 0 spiro atoms. The lowest BCUT2D eigenvalue weighted by molar-refractivity contribution is -0.385. The van der Waals surface area contributed by atoms with Crippen LogP contribution < -0.4 is 4.74 Å². The molecule has 0 heterocycles. The van der Waals surface area contributed by atoms with Gasteiger partial charge in [0.05, 0.1) is 4.92 Å². The fraction of sp³-hybridized carbons (Fsp3) is 0.316. The fourth-order valence-electron chi connectivity index (χ4n) is 2.28. The van der Waals surface area contributed by atoms with Crippen molar-refractivity contribution in [2.24, 2.45) is 0 Å². The van der Waals surface area contributed by atoms with Gasteiger partial charge in [-0.05, 0) is 36.1 Å². The van der Waals surface area contributed by atoms with Crippen molar-refractivity contribution in [3.63, 3.8) is 0 Å². The average Bonchev–Trinajstić information content (AvgIpc) is 2.60. The number of nitro benzene ring substituents is 1. The highest BCUT2D eigenvalue weighted by atomic mass is 16.6. The van der Waals surface area contributed by atoms with E-state index in [9.17, 15) is 14.9 Å². The molecule has 1 atom stereocenters. The first-order valence-corrected chi connectivity index (χ1v) is 8.03. The fourth-order valence-corrected chi connectivity index (χ4v) is 2.28. The Morgan fingerprint density at radius 1 is 1.08 bits per heavy atom. The van der Waals surface area contributed by atoms with Crippen LogP contribution in [0, 0.1) is 10.1 Å². The van der Waals surface area contributed by atoms with Crippen LogP contribution in [-0.2, 0) is 9.53 Å². The Morgan fingerprint density at radius 3 is 2.36 bits per heavy atom. The maximum atomic E-state index is 11.9. The molecule has 0 amide bonds. The third kappa shape index (κ3) is 5.31. The van der Waals surface area contributed by atoms with E-state index in [0.717, 1.165) is 0 Å². The lowest BCUT2D eigenvalue weighted by Crippen LogP contribution is -2.17. The lowest BCUT2D eigenvalue weighted by atomic mass is 10.0. The predicted octanol–water partition coefficient (Wildman–Crippen LogP) is 4.40. The molecule has 0 unspecified atom stereocenters. The number of carbonyl (C=O) groups is 1. The van der Waals surface area contributed by atoms with Crippen molar-refractivity contribution in [2.45, 2.75) is 32.8 Å². The Bertz CT molecular complexity index is 740. The van der Waals surface area contributed by atoms with Gasteiger partial charge in [-0.1, -0.05) is 38.1 Å². The summed E-state index contributed by atoms with van der Waals surface area (Å²) in [5, 5.41) is 10.8. The van der Waals surface area contributed by atoms with Gasteiger partial charge in [0.15, 0.2) is 6.61 Å². The average molecular weight is 343 g/mol. The van der Waals surface area contributed by atoms with Crippen LogP contribution in [0.3, 0.4) is 0 Å². The first-order chi connectivity index (χ1) is 11.9. The van der Waals surface area contributed by atoms with E-state index < -0.39 is 17.0 Å². The number of ether oxygens (including phenoxy) is 2. The standard InChI is InChI=1S/C19H21NO5/c1-13(2)15-7-9-18(10-8-15)24-12-19(21)25-14(3)16-5-4-6-17(11-16)20(22)23/h4-11,13-14H,12H2,1-3H3/t14-/m1/s1. The minimum atomic E-state index is -0.598. The Balaban J connectivity index is 1.89. The number of esters is 1. The van der Waals surface area contributed by atoms with Gasteiger partial charge in [0, 0.05) is 12.1 Å². The van der Waals surface area contributed by atoms with Crippen molar-refractivity contribution >= 4 is 11.7 Å². The molecule has 0 bridgehead atoms. The minimum Gasteiger partial charge on any atom is -0.482 e. The first kappa shape index (κ1) is 18.4. The van der Waals surface area contributed by atoms with Crippen LogP contribution >= 0.6 is 0 Å². The third-order valence-corrected chi connectivity index (χ3v) is 3.76. The molecule has 0 aliphatic rings. The zero-order valence-corrected chi connectivity index (χ0v) is 14.5. The second-order valence-corrected chi connectivity index (χ2v) is 6.00. The number of nitrogens with zero attached hydrogens (tertiary/aromatic N) is 1. The van der Waals surface area contributed by atoms with Gasteiger partial charge in [-0.3, -0.25) is 10.1 Å². The molecule has 25 heavy (non-hydrogen) atoms. The molecule has 0 saturated carbocycles. The van der Waals surface area contributed by atoms with Gasteiger partial charge in [-0.15, -0.1) is 0 Å². The van der Waals surface area contributed by atoms with E-state index in [1.165, 1.54) is 17.7 Å². The van der Waals surface area contributed by atoms with Crippen molar-refractivity contribution in [2.75, 3.05) is 6.61 Å². The molecule has 2 aromatic rings. The number of benzene rings is 2. The molecule has 0 aromatic heterocycles. The van der Waals surface area contributed by atoms with Crippen LogP contribution in [0.4, 0.5) is 5.69 Å². The summed E-state index contributed by atoms with van der Waals surface area (Å²) in [6.07, 6.45) is -0.598. The molecule has 0 fully saturated rings. The van der Waals surface area contributed by atoms with Gasteiger partial charge >= 0.3 is 5.97 Å². The number of carbonyl (C=O) groups excluding carboxylic acids is 1. The van der Waals surface area contributed by atoms with Gasteiger partial charge in [0.25, 0.3) is 5.69 Å². The van der Waals surface area contributed by atoms with Gasteiger partial charge in [-0.25, -0.2) is 4.79 Å². The van der Waals surface area contributed by atoms with Gasteiger partial charge < -0.3 is 9.47 Å². The van der Waals surface area contributed by atoms with E-state index in [2.05, 4.69) is 13.8 Å². The maximum absolute atomic E-state index is 11.9. The van der Waals surface area contributed by atoms with Crippen LogP contribution in [0.25, 0.3) is 0 Å². The highest BCUT2D eigenvalue weighted by Gasteiger charge is 2.15. The lowest BCUT2D eigenvalue weighted by Gasteiger charge is -2.14. The molecule has 132 valence electrons. The molecule has 6 nitrogen and oxygen atoms in total. The van der Waals surface area contributed by atoms with Crippen molar-refractivity contribution in [1.29, 1.82) is 0 Å². The van der Waals surface area contributed by atoms with Gasteiger partial charge in [-0.2, -0.15) is 0 Å². The second kappa shape index (κ2) is 8.28. The van der Waals surface area contributed by atoms with E-state index in [1.807, 2.05) is 24.3 Å². The summed E-state index contributed by atoms with van der Waals surface area (Å²) < 4.78 is 10.7. The largest absolute Gasteiger partial charge is 0.482 e. The molecule has 6 heteroatoms. The predicted molar refractivity (Wildman–Crippen MR) is 93.6 cm³/mol. The second-order valence-electron chi connectivity index (χ2n) is 6.00. The van der Waals surface area contributed by atoms with Crippen molar-refractivity contribution in [1.82, 2.24) is 0 Å². The Hall–Kier alpha value is -2.89. The SMILES string of the molecule is CC(C)c1ccc(OCC(=O)O[C@H](C)c2cccc([N+](=O)[O-])c2)cc1. The van der Waals surface area contributed by atoms with Crippen LogP contribution in [-0.4, -0.2) is 17.5 Å². The highest BCUT2D eigenvalue weighted by molar-refractivity contribution is 5.71. The maximum Gasteiger partial charge on any atom is 0.344 e. The van der Waals surface area contributed by atoms with Gasteiger partial charge in [0.2, 0.25) is 0 Å².